The lowest BCUT2D eigenvalue weighted by Crippen LogP contribution is -2.27. The number of ether oxygens (including phenoxy) is 1. The van der Waals surface area contributed by atoms with Crippen molar-refractivity contribution in [1.82, 2.24) is 15.1 Å². The van der Waals surface area contributed by atoms with Crippen LogP contribution < -0.4 is 5.32 Å². The van der Waals surface area contributed by atoms with Gasteiger partial charge in [0.15, 0.2) is 0 Å². The average Bonchev–Trinajstić information content (AvgIpc) is 2.63. The Kier molecular flexibility index (Phi) is 5.79. The van der Waals surface area contributed by atoms with Gasteiger partial charge in [0.1, 0.15) is 17.9 Å². The molecule has 1 heterocycles. The van der Waals surface area contributed by atoms with Gasteiger partial charge in [-0.1, -0.05) is 0 Å². The Morgan fingerprint density at radius 3 is 2.59 bits per heavy atom. The van der Waals surface area contributed by atoms with Crippen molar-refractivity contribution in [3.8, 4) is 0 Å². The maximum absolute atomic E-state index is 11.9. The van der Waals surface area contributed by atoms with Crippen molar-refractivity contribution < 1.29 is 19.2 Å². The van der Waals surface area contributed by atoms with Crippen LogP contribution in [0, 0.1) is 24.0 Å². The van der Waals surface area contributed by atoms with Crippen LogP contribution in [-0.4, -0.2) is 33.2 Å². The van der Waals surface area contributed by atoms with Crippen LogP contribution >= 0.6 is 0 Å². The Labute approximate surface area is 127 Å². The number of esters is 1. The van der Waals surface area contributed by atoms with Gasteiger partial charge in [0.25, 0.3) is 0 Å². The van der Waals surface area contributed by atoms with Gasteiger partial charge >= 0.3 is 11.7 Å². The molecule has 1 aromatic heterocycles. The number of aryl methyl sites for hydroxylation is 1. The summed E-state index contributed by atoms with van der Waals surface area (Å²) in [5, 5.41) is 17.4. The van der Waals surface area contributed by atoms with E-state index < -0.39 is 16.8 Å². The first kappa shape index (κ1) is 17.3. The first-order valence-corrected chi connectivity index (χ1v) is 6.59. The third-order valence-electron chi connectivity index (χ3n) is 2.78. The van der Waals surface area contributed by atoms with Crippen molar-refractivity contribution in [2.24, 2.45) is 0 Å². The Morgan fingerprint density at radius 2 is 2.09 bits per heavy atom. The highest BCUT2D eigenvalue weighted by Crippen LogP contribution is 2.21. The van der Waals surface area contributed by atoms with E-state index >= 15 is 0 Å². The highest BCUT2D eigenvalue weighted by molar-refractivity contribution is 5.84. The van der Waals surface area contributed by atoms with E-state index in [0.29, 0.717) is 11.4 Å². The van der Waals surface area contributed by atoms with Gasteiger partial charge in [0.2, 0.25) is 5.91 Å². The molecule has 1 N–H and O–H groups in total. The minimum absolute atomic E-state index is 0.105. The molecule has 1 rings (SSSR count). The van der Waals surface area contributed by atoms with Gasteiger partial charge in [-0.15, -0.1) is 0 Å². The Balaban J connectivity index is 2.76. The molecule has 0 aliphatic carbocycles. The summed E-state index contributed by atoms with van der Waals surface area (Å²) < 4.78 is 5.97. The first-order chi connectivity index (χ1) is 10.3. The second kappa shape index (κ2) is 7.34. The van der Waals surface area contributed by atoms with E-state index in [-0.39, 0.29) is 24.5 Å². The quantitative estimate of drug-likeness (QED) is 0.362. The lowest BCUT2D eigenvalue weighted by molar-refractivity contribution is -0.386. The minimum Gasteiger partial charge on any atom is -0.463 e. The molecule has 0 aliphatic heterocycles. The largest absolute Gasteiger partial charge is 0.463 e. The summed E-state index contributed by atoms with van der Waals surface area (Å²) in [5.41, 5.74) is 0.754. The van der Waals surface area contributed by atoms with Gasteiger partial charge in [-0.05, 0) is 27.7 Å². The number of nitrogens with one attached hydrogen (secondary N) is 1. The molecule has 120 valence electrons. The fourth-order valence-corrected chi connectivity index (χ4v) is 1.90. The van der Waals surface area contributed by atoms with Crippen molar-refractivity contribution in [3.05, 3.63) is 33.3 Å². The monoisotopic (exact) mass is 310 g/mol. The maximum Gasteiger partial charge on any atom is 0.332 e. The summed E-state index contributed by atoms with van der Waals surface area (Å²) in [6, 6.07) is 0. The van der Waals surface area contributed by atoms with E-state index in [1.165, 1.54) is 18.5 Å². The van der Waals surface area contributed by atoms with Crippen LogP contribution in [0.15, 0.2) is 11.8 Å². The number of aromatic nitrogens is 2. The molecule has 9 nitrogen and oxygen atoms in total. The van der Waals surface area contributed by atoms with E-state index in [9.17, 15) is 19.7 Å². The molecule has 0 fully saturated rings. The van der Waals surface area contributed by atoms with Crippen LogP contribution in [0.2, 0.25) is 0 Å². The summed E-state index contributed by atoms with van der Waals surface area (Å²) in [5.74, 6) is -0.999. The Hall–Kier alpha value is -2.71. The fraction of sp³-hybridized carbons (Fsp3) is 0.462. The Bertz CT molecular complexity index is 633. The average molecular weight is 310 g/mol. The standard InChI is InChI=1S/C13H18N4O5/c1-5-22-12(19)6-8(2)14-11(18)7-16-10(4)13(17(20)21)9(3)15-16/h6H,5,7H2,1-4H3,(H,14,18)/b8-6+. The highest BCUT2D eigenvalue weighted by atomic mass is 16.6. The summed E-state index contributed by atoms with van der Waals surface area (Å²) in [6.45, 7) is 6.30. The number of carbonyl (C=O) groups is 2. The van der Waals surface area contributed by atoms with Gasteiger partial charge in [-0.25, -0.2) is 4.79 Å². The number of amides is 1. The minimum atomic E-state index is -0.554. The van der Waals surface area contributed by atoms with E-state index in [4.69, 9.17) is 4.74 Å². The molecule has 0 radical (unpaired) electrons. The summed E-state index contributed by atoms with van der Waals surface area (Å²) in [6.07, 6.45) is 1.16. The van der Waals surface area contributed by atoms with Gasteiger partial charge in [0.05, 0.1) is 11.5 Å². The molecule has 0 atom stereocenters. The molecule has 22 heavy (non-hydrogen) atoms. The van der Waals surface area contributed by atoms with Crippen LogP contribution in [0.1, 0.15) is 25.2 Å². The normalized spacial score (nSPS) is 11.2. The van der Waals surface area contributed by atoms with Crippen molar-refractivity contribution in [2.75, 3.05) is 6.61 Å². The molecular weight excluding hydrogens is 292 g/mol. The first-order valence-electron chi connectivity index (χ1n) is 6.59. The third kappa shape index (κ3) is 4.40. The molecule has 9 heteroatoms. The molecule has 0 aliphatic rings. The predicted molar refractivity (Wildman–Crippen MR) is 76.9 cm³/mol. The number of nitro groups is 1. The second-order valence-electron chi connectivity index (χ2n) is 4.56. The highest BCUT2D eigenvalue weighted by Gasteiger charge is 2.22. The molecule has 1 aromatic rings. The predicted octanol–water partition coefficient (Wildman–Crippen LogP) is 0.991. The maximum atomic E-state index is 11.9. The van der Waals surface area contributed by atoms with E-state index in [1.807, 2.05) is 0 Å². The van der Waals surface area contributed by atoms with Crippen LogP contribution in [0.4, 0.5) is 5.69 Å². The number of nitrogens with zero attached hydrogens (tertiary/aromatic N) is 3. The molecular formula is C13H18N4O5. The number of carbonyl (C=O) groups excluding carboxylic acids is 2. The van der Waals surface area contributed by atoms with Crippen LogP contribution in [0.5, 0.6) is 0 Å². The number of rotatable bonds is 6. The Morgan fingerprint density at radius 1 is 1.45 bits per heavy atom. The fourth-order valence-electron chi connectivity index (χ4n) is 1.90. The number of hydrogen-bond donors (Lipinski definition) is 1. The molecule has 0 aromatic carbocycles. The molecule has 0 spiro atoms. The van der Waals surface area contributed by atoms with E-state index in [1.54, 1.807) is 13.8 Å². The zero-order valence-electron chi connectivity index (χ0n) is 12.9. The topological polar surface area (TPSA) is 116 Å². The van der Waals surface area contributed by atoms with Crippen LogP contribution in [0.25, 0.3) is 0 Å². The molecule has 0 saturated heterocycles. The summed E-state index contributed by atoms with van der Waals surface area (Å²) in [7, 11) is 0. The number of allylic oxidation sites excluding steroid dienone is 1. The summed E-state index contributed by atoms with van der Waals surface area (Å²) in [4.78, 5) is 33.5. The van der Waals surface area contributed by atoms with Crippen LogP contribution in [0.3, 0.4) is 0 Å². The van der Waals surface area contributed by atoms with Crippen molar-refractivity contribution >= 4 is 17.6 Å². The van der Waals surface area contributed by atoms with Crippen molar-refractivity contribution in [2.45, 2.75) is 34.2 Å². The van der Waals surface area contributed by atoms with Gasteiger partial charge < -0.3 is 10.1 Å². The van der Waals surface area contributed by atoms with E-state index in [0.717, 1.165) is 6.08 Å². The second-order valence-corrected chi connectivity index (χ2v) is 4.56. The lowest BCUT2D eigenvalue weighted by atomic mass is 10.3. The molecule has 0 unspecified atom stereocenters. The zero-order chi connectivity index (χ0) is 16.9. The van der Waals surface area contributed by atoms with Gasteiger partial charge in [-0.3, -0.25) is 19.6 Å². The smallest absolute Gasteiger partial charge is 0.332 e. The van der Waals surface area contributed by atoms with Crippen molar-refractivity contribution in [3.63, 3.8) is 0 Å². The number of hydrogen-bond acceptors (Lipinski definition) is 6. The SMILES string of the molecule is CCOC(=O)/C=C(\C)NC(=O)Cn1nc(C)c([N+](=O)[O-])c1C. The molecule has 0 saturated carbocycles. The lowest BCUT2D eigenvalue weighted by Gasteiger charge is -2.06. The van der Waals surface area contributed by atoms with E-state index in [2.05, 4.69) is 10.4 Å². The van der Waals surface area contributed by atoms with Crippen LogP contribution in [-0.2, 0) is 20.9 Å². The molecule has 1 amide bonds. The van der Waals surface area contributed by atoms with Gasteiger partial charge in [0, 0.05) is 11.8 Å². The third-order valence-corrected chi connectivity index (χ3v) is 2.78. The van der Waals surface area contributed by atoms with Crippen molar-refractivity contribution in [1.29, 1.82) is 0 Å². The summed E-state index contributed by atoms with van der Waals surface area (Å²) >= 11 is 0. The molecule has 0 bridgehead atoms. The zero-order valence-corrected chi connectivity index (χ0v) is 12.9. The van der Waals surface area contributed by atoms with Gasteiger partial charge in [-0.2, -0.15) is 5.10 Å².